The minimum Gasteiger partial charge on any atom is -0.395 e. The zero-order valence-electron chi connectivity index (χ0n) is 16.5. The van der Waals surface area contributed by atoms with Crippen LogP contribution in [0.2, 0.25) is 0 Å². The molecule has 1 fully saturated rings. The van der Waals surface area contributed by atoms with Gasteiger partial charge in [-0.15, -0.1) is 0 Å². The smallest absolute Gasteiger partial charge is 0.255 e. The Hall–Kier alpha value is -2.26. The van der Waals surface area contributed by atoms with Crippen LogP contribution in [0, 0.1) is 0 Å². The van der Waals surface area contributed by atoms with Crippen molar-refractivity contribution in [3.05, 3.63) is 60.2 Å². The van der Waals surface area contributed by atoms with Crippen LogP contribution in [0.1, 0.15) is 23.7 Å². The minimum atomic E-state index is -3.69. The molecule has 1 amide bonds. The maximum Gasteiger partial charge on any atom is 0.255 e. The number of aliphatic hydroxyl groups is 1. The number of piperazine rings is 1. The monoisotopic (exact) mass is 417 g/mol. The molecule has 0 unspecified atom stereocenters. The van der Waals surface area contributed by atoms with Crippen LogP contribution < -0.4 is 5.32 Å². The summed E-state index contributed by atoms with van der Waals surface area (Å²) in [6, 6.07) is 15.2. The van der Waals surface area contributed by atoms with Crippen molar-refractivity contribution < 1.29 is 18.3 Å². The fourth-order valence-electron chi connectivity index (χ4n) is 3.48. The van der Waals surface area contributed by atoms with Gasteiger partial charge in [0.1, 0.15) is 0 Å². The molecule has 29 heavy (non-hydrogen) atoms. The number of anilines is 1. The predicted octanol–water partition coefficient (Wildman–Crippen LogP) is 2.02. The number of hydrogen-bond donors (Lipinski definition) is 2. The van der Waals surface area contributed by atoms with E-state index in [1.807, 2.05) is 25.1 Å². The van der Waals surface area contributed by atoms with Gasteiger partial charge in [-0.2, -0.15) is 4.31 Å². The van der Waals surface area contributed by atoms with Crippen LogP contribution >= 0.6 is 0 Å². The zero-order chi connectivity index (χ0) is 20.9. The molecule has 0 aromatic heterocycles. The molecule has 0 bridgehead atoms. The lowest BCUT2D eigenvalue weighted by Gasteiger charge is -2.37. The molecule has 1 aliphatic rings. The summed E-state index contributed by atoms with van der Waals surface area (Å²) in [4.78, 5) is 14.7. The lowest BCUT2D eigenvalue weighted by atomic mass is 10.2. The Kier molecular flexibility index (Phi) is 7.02. The summed E-state index contributed by atoms with van der Waals surface area (Å²) in [6.45, 7) is 3.95. The van der Waals surface area contributed by atoms with Gasteiger partial charge in [0.15, 0.2) is 0 Å². The highest BCUT2D eigenvalue weighted by atomic mass is 32.2. The van der Waals surface area contributed by atoms with Crippen molar-refractivity contribution in [1.29, 1.82) is 0 Å². The molecule has 2 aromatic carbocycles. The number of nitrogens with zero attached hydrogens (tertiary/aromatic N) is 2. The number of carbonyl (C=O) groups excluding carboxylic acids is 1. The quantitative estimate of drug-likeness (QED) is 0.719. The Morgan fingerprint density at radius 3 is 2.38 bits per heavy atom. The van der Waals surface area contributed by atoms with Crippen molar-refractivity contribution in [1.82, 2.24) is 9.21 Å². The van der Waals surface area contributed by atoms with Crippen molar-refractivity contribution in [2.75, 3.05) is 38.1 Å². The first-order valence-electron chi connectivity index (χ1n) is 9.77. The van der Waals surface area contributed by atoms with E-state index >= 15 is 0 Å². The summed E-state index contributed by atoms with van der Waals surface area (Å²) in [5, 5.41) is 12.2. The largest absolute Gasteiger partial charge is 0.395 e. The summed E-state index contributed by atoms with van der Waals surface area (Å²) < 4.78 is 27.6. The standard InChI is InChI=1S/C21H27N3O4S/c1-2-19(16-25)23-11-13-24(14-12-23)29(27,28)20-10-6-7-17(15-20)21(26)22-18-8-4-3-5-9-18/h3-10,15,19,25H,2,11-14,16H2,1H3,(H,22,26)/t19-/m0/s1. The van der Waals surface area contributed by atoms with E-state index in [0.29, 0.717) is 37.4 Å². The predicted molar refractivity (Wildman–Crippen MR) is 112 cm³/mol. The Balaban J connectivity index is 1.71. The molecule has 3 rings (SSSR count). The fraction of sp³-hybridized carbons (Fsp3) is 0.381. The molecule has 2 aromatic rings. The third kappa shape index (κ3) is 5.02. The Morgan fingerprint density at radius 2 is 1.76 bits per heavy atom. The van der Waals surface area contributed by atoms with E-state index in [-0.39, 0.29) is 23.5 Å². The number of aliphatic hydroxyl groups excluding tert-OH is 1. The molecule has 8 heteroatoms. The first-order valence-corrected chi connectivity index (χ1v) is 11.2. The molecule has 7 nitrogen and oxygen atoms in total. The van der Waals surface area contributed by atoms with Crippen LogP contribution in [0.15, 0.2) is 59.5 Å². The molecule has 1 aliphatic heterocycles. The van der Waals surface area contributed by atoms with Gasteiger partial charge in [-0.05, 0) is 36.8 Å². The van der Waals surface area contributed by atoms with E-state index < -0.39 is 10.0 Å². The van der Waals surface area contributed by atoms with Crippen molar-refractivity contribution >= 4 is 21.6 Å². The summed E-state index contributed by atoms with van der Waals surface area (Å²) in [5.74, 6) is -0.355. The number of amides is 1. The van der Waals surface area contributed by atoms with Crippen LogP contribution in [-0.2, 0) is 10.0 Å². The van der Waals surface area contributed by atoms with Gasteiger partial charge >= 0.3 is 0 Å². The molecule has 0 saturated carbocycles. The van der Waals surface area contributed by atoms with E-state index in [2.05, 4.69) is 10.2 Å². The molecular weight excluding hydrogens is 390 g/mol. The van der Waals surface area contributed by atoms with Crippen molar-refractivity contribution in [3.63, 3.8) is 0 Å². The number of sulfonamides is 1. The van der Waals surface area contributed by atoms with Gasteiger partial charge < -0.3 is 10.4 Å². The molecule has 0 radical (unpaired) electrons. The van der Waals surface area contributed by atoms with Gasteiger partial charge in [-0.3, -0.25) is 9.69 Å². The Bertz CT molecular complexity index is 922. The molecular formula is C21H27N3O4S. The van der Waals surface area contributed by atoms with Gasteiger partial charge in [-0.25, -0.2) is 8.42 Å². The van der Waals surface area contributed by atoms with Gasteiger partial charge in [0.05, 0.1) is 11.5 Å². The average molecular weight is 418 g/mol. The fourth-order valence-corrected chi connectivity index (χ4v) is 4.95. The lowest BCUT2D eigenvalue weighted by molar-refractivity contribution is 0.0881. The van der Waals surface area contributed by atoms with Gasteiger partial charge in [-0.1, -0.05) is 31.2 Å². The maximum absolute atomic E-state index is 13.1. The summed E-state index contributed by atoms with van der Waals surface area (Å²) >= 11 is 0. The van der Waals surface area contributed by atoms with Crippen LogP contribution in [-0.4, -0.2) is 67.5 Å². The van der Waals surface area contributed by atoms with E-state index in [4.69, 9.17) is 0 Å². The molecule has 1 heterocycles. The molecule has 1 atom stereocenters. The SMILES string of the molecule is CC[C@@H](CO)N1CCN(S(=O)(=O)c2cccc(C(=O)Nc3ccccc3)c2)CC1. The highest BCUT2D eigenvalue weighted by Crippen LogP contribution is 2.20. The average Bonchev–Trinajstić information content (AvgIpc) is 2.76. The second-order valence-electron chi connectivity index (χ2n) is 7.03. The normalized spacial score (nSPS) is 17.0. The van der Waals surface area contributed by atoms with Crippen molar-refractivity contribution in [2.24, 2.45) is 0 Å². The minimum absolute atomic E-state index is 0.0601. The molecule has 0 aliphatic carbocycles. The van der Waals surface area contributed by atoms with Crippen molar-refractivity contribution in [2.45, 2.75) is 24.3 Å². The van der Waals surface area contributed by atoms with Crippen molar-refractivity contribution in [3.8, 4) is 0 Å². The number of hydrogen-bond acceptors (Lipinski definition) is 5. The molecule has 1 saturated heterocycles. The lowest BCUT2D eigenvalue weighted by Crippen LogP contribution is -2.52. The van der Waals surface area contributed by atoms with E-state index in [0.717, 1.165) is 6.42 Å². The number of carbonyl (C=O) groups is 1. The number of benzene rings is 2. The summed E-state index contributed by atoms with van der Waals surface area (Å²) in [6.07, 6.45) is 0.821. The number of nitrogens with one attached hydrogen (secondary N) is 1. The number of rotatable bonds is 7. The highest BCUT2D eigenvalue weighted by molar-refractivity contribution is 7.89. The summed E-state index contributed by atoms with van der Waals surface area (Å²) in [7, 11) is -3.69. The van der Waals surface area contributed by atoms with Crippen LogP contribution in [0.5, 0.6) is 0 Å². The van der Waals surface area contributed by atoms with Crippen LogP contribution in [0.25, 0.3) is 0 Å². The van der Waals surface area contributed by atoms with Gasteiger partial charge in [0.25, 0.3) is 5.91 Å². The van der Waals surface area contributed by atoms with Crippen LogP contribution in [0.4, 0.5) is 5.69 Å². The molecule has 0 spiro atoms. The Morgan fingerprint density at radius 1 is 1.07 bits per heavy atom. The Labute approximate surface area is 172 Å². The first kappa shape index (κ1) is 21.4. The van der Waals surface area contributed by atoms with Crippen LogP contribution in [0.3, 0.4) is 0 Å². The summed E-state index contributed by atoms with van der Waals surface area (Å²) in [5.41, 5.74) is 0.941. The van der Waals surface area contributed by atoms with Gasteiger partial charge in [0.2, 0.25) is 10.0 Å². The van der Waals surface area contributed by atoms with E-state index in [9.17, 15) is 18.3 Å². The van der Waals surface area contributed by atoms with E-state index in [1.54, 1.807) is 24.3 Å². The highest BCUT2D eigenvalue weighted by Gasteiger charge is 2.30. The third-order valence-corrected chi connectivity index (χ3v) is 7.13. The second kappa shape index (κ2) is 9.49. The zero-order valence-corrected chi connectivity index (χ0v) is 17.3. The first-order chi connectivity index (χ1) is 14.0. The maximum atomic E-state index is 13.1. The topological polar surface area (TPSA) is 90.0 Å². The molecule has 156 valence electrons. The molecule has 2 N–H and O–H groups in total. The second-order valence-corrected chi connectivity index (χ2v) is 8.97. The van der Waals surface area contributed by atoms with E-state index in [1.165, 1.54) is 16.4 Å². The third-order valence-electron chi connectivity index (χ3n) is 5.24. The van der Waals surface area contributed by atoms with Gasteiger partial charge in [0, 0.05) is 43.5 Å². The number of para-hydroxylation sites is 1.